The van der Waals surface area contributed by atoms with Gasteiger partial charge in [0.2, 0.25) is 23.6 Å². The molecule has 4 aromatic rings. The van der Waals surface area contributed by atoms with E-state index in [4.69, 9.17) is 9.90 Å². The van der Waals surface area contributed by atoms with Crippen molar-refractivity contribution in [1.82, 2.24) is 26.2 Å². The Morgan fingerprint density at radius 2 is 1.38 bits per heavy atom. The second-order valence-electron chi connectivity index (χ2n) is 21.3. The molecule has 1 unspecified atom stereocenters. The molecule has 20 heteroatoms. The highest BCUT2D eigenvalue weighted by atomic mass is 19.4. The van der Waals surface area contributed by atoms with Gasteiger partial charge in [-0.2, -0.15) is 13.2 Å². The van der Waals surface area contributed by atoms with E-state index in [9.17, 15) is 57.3 Å². The lowest BCUT2D eigenvalue weighted by Crippen LogP contribution is -2.55. The minimum atomic E-state index is -5.19. The number of hydrogen-bond acceptors (Lipinski definition) is 10. The van der Waals surface area contributed by atoms with Gasteiger partial charge in [0, 0.05) is 43.1 Å². The van der Waals surface area contributed by atoms with E-state index in [0.717, 1.165) is 33.8 Å². The summed E-state index contributed by atoms with van der Waals surface area (Å²) in [5, 5.41) is 51.3. The number of hydrogen-bond donors (Lipinski definition) is 8. The SMILES string of the molecule is CC(c1ccc(-c2ccc(C(=O)NCCC(=O)N[C@@H](CCCC[NH3+])C(=O)N(C)[C@@H]3C(=O)N[C@@H](C)C(=O)N[C@H](C(=O)O)Cc4ccc(O)c(c4)-c4cc3ccc4O)cc2)cc1)C12CC3CC(CC(C3)C1)C2.O=C([O-])C(F)(F)F. The normalized spacial score (nSPS) is 23.4. The van der Waals surface area contributed by atoms with Crippen LogP contribution < -0.4 is 32.1 Å². The van der Waals surface area contributed by atoms with E-state index < -0.39 is 65.9 Å². The lowest BCUT2D eigenvalue weighted by Gasteiger charge is -2.59. The highest BCUT2D eigenvalue weighted by Gasteiger charge is 2.53. The molecule has 10 N–H and O–H groups in total. The van der Waals surface area contributed by atoms with Gasteiger partial charge >= 0.3 is 12.1 Å². The van der Waals surface area contributed by atoms with Crippen LogP contribution >= 0.6 is 0 Å². The fourth-order valence-electron chi connectivity index (χ4n) is 12.2. The van der Waals surface area contributed by atoms with Gasteiger partial charge in [0.25, 0.3) is 5.91 Å². The predicted molar refractivity (Wildman–Crippen MR) is 274 cm³/mol. The molecule has 1 heterocycles. The average molecular weight is 1070 g/mol. The van der Waals surface area contributed by atoms with Crippen molar-refractivity contribution in [1.29, 1.82) is 0 Å². The number of phenolic OH excluding ortho intramolecular Hbond substituents is 2. The topological polar surface area (TPSA) is 282 Å². The number of nitrogens with one attached hydrogen (secondary N) is 4. The number of phenols is 2. The predicted octanol–water partition coefficient (Wildman–Crippen LogP) is 4.90. The molecule has 0 spiro atoms. The van der Waals surface area contributed by atoms with Crippen molar-refractivity contribution in [3.63, 3.8) is 0 Å². The molecule has 1 aliphatic heterocycles. The first kappa shape index (κ1) is 57.2. The van der Waals surface area contributed by atoms with Crippen molar-refractivity contribution in [3.05, 3.63) is 107 Å². The number of benzene rings is 4. The van der Waals surface area contributed by atoms with Gasteiger partial charge in [-0.3, -0.25) is 24.0 Å². The molecular weight excluding hydrogens is 1000 g/mol. The third-order valence-corrected chi connectivity index (χ3v) is 15.9. The van der Waals surface area contributed by atoms with E-state index in [-0.39, 0.29) is 59.9 Å². The first-order valence-electron chi connectivity index (χ1n) is 26.1. The summed E-state index contributed by atoms with van der Waals surface area (Å²) in [7, 11) is 1.39. The van der Waals surface area contributed by atoms with E-state index in [1.807, 2.05) is 12.1 Å². The van der Waals surface area contributed by atoms with Crippen molar-refractivity contribution in [2.75, 3.05) is 20.1 Å². The lowest BCUT2D eigenvalue weighted by molar-refractivity contribution is -0.368. The standard InChI is InChI=1S/C55H66N6O9.C2HF3O2/c1-31(55-28-34-22-35(29-55)24-36(23-34)30-55)37-8-10-38(11-9-37)39-12-14-40(15-13-39)51(66)57-21-19-48(64)59-44(6-4-5-20-56)53(68)61(3)49-41-16-18-47(63)43(27-41)42-25-33(7-17-46(42)62)26-45(54(69)70)60-50(65)32(2)58-52(49)67;3-2(4,5)1(6)7/h7-18,25,27,31-32,34-36,44-45,49,62-63H,4-6,19-24,26,28-30,56H2,1-3H3,(H,57,66)(H,58,67)(H,59,64)(H,60,65)(H,69,70);(H,6,7)/t31?,32-,34?,35?,36?,44-,45-,49-,55?;/m0./s1. The van der Waals surface area contributed by atoms with Gasteiger partial charge in [-0.25, -0.2) is 4.79 Å². The molecule has 412 valence electrons. The number of nitrogens with zero attached hydrogens (tertiary/aromatic N) is 1. The van der Waals surface area contributed by atoms with E-state index in [0.29, 0.717) is 41.8 Å². The van der Waals surface area contributed by atoms with Crippen LogP contribution in [0.4, 0.5) is 13.2 Å². The molecule has 17 nitrogen and oxygen atoms in total. The van der Waals surface area contributed by atoms with Gasteiger partial charge in [0.1, 0.15) is 41.6 Å². The second kappa shape index (κ2) is 24.2. The molecule has 0 aromatic heterocycles. The summed E-state index contributed by atoms with van der Waals surface area (Å²) < 4.78 is 31.5. The van der Waals surface area contributed by atoms with Crippen LogP contribution in [0.5, 0.6) is 11.5 Å². The number of amides is 5. The Hall–Kier alpha value is -7.48. The Morgan fingerprint density at radius 3 is 1.94 bits per heavy atom. The Kier molecular flexibility index (Phi) is 18.0. The van der Waals surface area contributed by atoms with Crippen LogP contribution in [0.1, 0.15) is 117 Å². The number of carboxylic acids is 2. The zero-order valence-corrected chi connectivity index (χ0v) is 43.3. The molecule has 9 rings (SSSR count). The summed E-state index contributed by atoms with van der Waals surface area (Å²) in [5.74, 6) is -4.65. The smallest absolute Gasteiger partial charge is 0.430 e. The van der Waals surface area contributed by atoms with Gasteiger partial charge < -0.3 is 57.1 Å². The maximum Gasteiger partial charge on any atom is 0.430 e. The summed E-state index contributed by atoms with van der Waals surface area (Å²) in [6.07, 6.45) is 4.28. The van der Waals surface area contributed by atoms with Gasteiger partial charge in [-0.15, -0.1) is 0 Å². The van der Waals surface area contributed by atoms with Crippen LogP contribution in [0, 0.1) is 23.2 Å². The Labute approximate surface area is 444 Å². The minimum Gasteiger partial charge on any atom is -0.542 e. The van der Waals surface area contributed by atoms with Crippen LogP contribution in [-0.4, -0.2) is 106 Å². The Bertz CT molecular complexity index is 2810. The summed E-state index contributed by atoms with van der Waals surface area (Å²) in [5.41, 5.74) is 9.13. The van der Waals surface area contributed by atoms with Gasteiger partial charge in [0.15, 0.2) is 0 Å². The van der Waals surface area contributed by atoms with Crippen LogP contribution in [0.3, 0.4) is 0 Å². The summed E-state index contributed by atoms with van der Waals surface area (Å²) in [4.78, 5) is 90.9. The number of alkyl halides is 3. The van der Waals surface area contributed by atoms with E-state index in [1.165, 1.54) is 94.5 Å². The van der Waals surface area contributed by atoms with Crippen molar-refractivity contribution in [3.8, 4) is 33.8 Å². The molecular formula is C57H67F3N6O11. The molecule has 4 aliphatic carbocycles. The highest BCUT2D eigenvalue weighted by Crippen LogP contribution is 2.64. The number of aliphatic carboxylic acids is 2. The number of carbonyl (C=O) groups excluding carboxylic acids is 6. The van der Waals surface area contributed by atoms with Crippen LogP contribution in [-0.2, 0) is 35.2 Å². The number of halogens is 3. The first-order valence-corrected chi connectivity index (χ1v) is 26.1. The number of carboxylic acid groups (broad SMARTS) is 2. The van der Waals surface area contributed by atoms with Crippen molar-refractivity contribution in [2.45, 2.75) is 121 Å². The summed E-state index contributed by atoms with van der Waals surface area (Å²) >= 11 is 0. The molecule has 4 aromatic carbocycles. The van der Waals surface area contributed by atoms with Crippen LogP contribution in [0.25, 0.3) is 22.3 Å². The third kappa shape index (κ3) is 13.7. The largest absolute Gasteiger partial charge is 0.542 e. The number of rotatable bonds is 15. The number of carbonyl (C=O) groups is 7. The Balaban J connectivity index is 0.00000115. The molecule has 4 fully saturated rings. The minimum absolute atomic E-state index is 0.0104. The van der Waals surface area contributed by atoms with Gasteiger partial charge in [0.05, 0.1) is 6.54 Å². The lowest BCUT2D eigenvalue weighted by atomic mass is 9.46. The number of quaternary nitrogens is 1. The fraction of sp³-hybridized carbons (Fsp3) is 0.456. The molecule has 4 saturated carbocycles. The molecule has 5 amide bonds. The van der Waals surface area contributed by atoms with E-state index in [1.54, 1.807) is 12.1 Å². The summed E-state index contributed by atoms with van der Waals surface area (Å²) in [6, 6.07) is 19.7. The van der Waals surface area contributed by atoms with Crippen molar-refractivity contribution in [2.24, 2.45) is 23.2 Å². The summed E-state index contributed by atoms with van der Waals surface area (Å²) in [6.45, 7) is 4.39. The van der Waals surface area contributed by atoms with Crippen LogP contribution in [0.15, 0.2) is 84.9 Å². The van der Waals surface area contributed by atoms with Gasteiger partial charge in [-0.05, 0) is 158 Å². The molecule has 77 heavy (non-hydrogen) atoms. The average Bonchev–Trinajstić information content (AvgIpc) is 3.40. The fourth-order valence-corrected chi connectivity index (χ4v) is 12.2. The van der Waals surface area contributed by atoms with Crippen LogP contribution in [0.2, 0.25) is 0 Å². The highest BCUT2D eigenvalue weighted by molar-refractivity contribution is 5.97. The molecule has 8 bridgehead atoms. The molecule has 0 radical (unpaired) electrons. The number of likely N-dealkylation sites (N-methyl/N-ethyl adjacent to an activating group) is 1. The molecule has 5 aliphatic rings. The van der Waals surface area contributed by atoms with Crippen molar-refractivity contribution < 1.29 is 72.9 Å². The van der Waals surface area contributed by atoms with E-state index in [2.05, 4.69) is 58.2 Å². The van der Waals surface area contributed by atoms with Gasteiger partial charge in [-0.1, -0.05) is 55.5 Å². The Morgan fingerprint density at radius 1 is 0.818 bits per heavy atom. The zero-order chi connectivity index (χ0) is 55.9. The number of fused-ring (bicyclic) bond motifs is 5. The first-order chi connectivity index (χ1) is 36.5. The van der Waals surface area contributed by atoms with Crippen molar-refractivity contribution >= 4 is 41.5 Å². The van der Waals surface area contributed by atoms with E-state index >= 15 is 0 Å². The second-order valence-corrected chi connectivity index (χ2v) is 21.3. The third-order valence-electron chi connectivity index (χ3n) is 15.9. The number of aromatic hydroxyl groups is 2. The number of unbranched alkanes of at least 4 members (excludes halogenated alkanes) is 1. The zero-order valence-electron chi connectivity index (χ0n) is 43.3. The quantitative estimate of drug-likeness (QED) is 0.0742. The molecule has 5 atom stereocenters. The maximum absolute atomic E-state index is 14.5. The maximum atomic E-state index is 14.5. The monoisotopic (exact) mass is 1070 g/mol. The molecule has 0 saturated heterocycles.